The molecule has 1 saturated heterocycles. The molecule has 0 bridgehead atoms. The standard InChI is InChI=1S/C13H21NO4S/c15-12(16)11-8-14(19(17,18)10-4-5-10)9-13(11)6-2-1-3-7-13/h10-11H,1-9H2,(H,15,16)/t11-/m0/s1. The summed E-state index contributed by atoms with van der Waals surface area (Å²) in [6.45, 7) is 0.622. The van der Waals surface area contributed by atoms with E-state index in [1.807, 2.05) is 0 Å². The Hall–Kier alpha value is -0.620. The molecule has 0 radical (unpaired) electrons. The predicted molar refractivity (Wildman–Crippen MR) is 70.2 cm³/mol. The summed E-state index contributed by atoms with van der Waals surface area (Å²) < 4.78 is 26.1. The van der Waals surface area contributed by atoms with Crippen LogP contribution in [0.1, 0.15) is 44.9 Å². The maximum absolute atomic E-state index is 12.3. The molecule has 1 aliphatic heterocycles. The monoisotopic (exact) mass is 287 g/mol. The molecule has 3 aliphatic rings. The zero-order valence-corrected chi connectivity index (χ0v) is 11.9. The molecule has 2 aliphatic carbocycles. The first kappa shape index (κ1) is 13.4. The largest absolute Gasteiger partial charge is 0.481 e. The number of sulfonamides is 1. The average Bonchev–Trinajstić information content (AvgIpc) is 3.15. The van der Waals surface area contributed by atoms with Crippen LogP contribution in [0.4, 0.5) is 0 Å². The van der Waals surface area contributed by atoms with E-state index < -0.39 is 21.9 Å². The molecule has 1 heterocycles. The number of aliphatic carboxylic acids is 1. The topological polar surface area (TPSA) is 74.7 Å². The average molecular weight is 287 g/mol. The lowest BCUT2D eigenvalue weighted by Gasteiger charge is -2.36. The van der Waals surface area contributed by atoms with Crippen LogP contribution in [0.15, 0.2) is 0 Å². The summed E-state index contributed by atoms with van der Waals surface area (Å²) in [4.78, 5) is 11.5. The molecule has 0 amide bonds. The summed E-state index contributed by atoms with van der Waals surface area (Å²) in [7, 11) is -3.24. The number of nitrogens with zero attached hydrogens (tertiary/aromatic N) is 1. The fourth-order valence-corrected chi connectivity index (χ4v) is 5.74. The van der Waals surface area contributed by atoms with E-state index in [1.54, 1.807) is 0 Å². The second-order valence-corrected chi connectivity index (χ2v) is 8.56. The Morgan fingerprint density at radius 1 is 1.16 bits per heavy atom. The lowest BCUT2D eigenvalue weighted by Crippen LogP contribution is -2.37. The maximum atomic E-state index is 12.3. The molecular weight excluding hydrogens is 266 g/mol. The van der Waals surface area contributed by atoms with Gasteiger partial charge >= 0.3 is 5.97 Å². The van der Waals surface area contributed by atoms with Crippen LogP contribution < -0.4 is 0 Å². The summed E-state index contributed by atoms with van der Waals surface area (Å²) in [6.07, 6.45) is 6.40. The van der Waals surface area contributed by atoms with Gasteiger partial charge in [-0.15, -0.1) is 0 Å². The number of carboxylic acids is 1. The van der Waals surface area contributed by atoms with Crippen LogP contribution >= 0.6 is 0 Å². The molecule has 0 aromatic rings. The van der Waals surface area contributed by atoms with Crippen molar-refractivity contribution in [3.63, 3.8) is 0 Å². The number of hydrogen-bond acceptors (Lipinski definition) is 3. The quantitative estimate of drug-likeness (QED) is 0.852. The van der Waals surface area contributed by atoms with Crippen molar-refractivity contribution >= 4 is 16.0 Å². The van der Waals surface area contributed by atoms with Crippen molar-refractivity contribution in [3.8, 4) is 0 Å². The van der Waals surface area contributed by atoms with Crippen molar-refractivity contribution < 1.29 is 18.3 Å². The Labute approximate surface area is 114 Å². The Balaban J connectivity index is 1.86. The normalized spacial score (nSPS) is 31.7. The van der Waals surface area contributed by atoms with E-state index in [1.165, 1.54) is 4.31 Å². The minimum Gasteiger partial charge on any atom is -0.481 e. The lowest BCUT2D eigenvalue weighted by atomic mass is 9.68. The Morgan fingerprint density at radius 3 is 2.32 bits per heavy atom. The van der Waals surface area contributed by atoms with Crippen LogP contribution in [-0.2, 0) is 14.8 Å². The van der Waals surface area contributed by atoms with Crippen molar-refractivity contribution in [2.75, 3.05) is 13.1 Å². The number of carboxylic acid groups (broad SMARTS) is 1. The molecule has 6 heteroatoms. The fourth-order valence-electron chi connectivity index (χ4n) is 3.80. The van der Waals surface area contributed by atoms with E-state index in [0.717, 1.165) is 44.9 Å². The highest BCUT2D eigenvalue weighted by atomic mass is 32.2. The van der Waals surface area contributed by atoms with Crippen molar-refractivity contribution in [2.24, 2.45) is 11.3 Å². The number of rotatable bonds is 3. The molecule has 0 unspecified atom stereocenters. The van der Waals surface area contributed by atoms with Gasteiger partial charge in [-0.2, -0.15) is 0 Å². The predicted octanol–water partition coefficient (Wildman–Crippen LogP) is 1.45. The number of hydrogen-bond donors (Lipinski definition) is 1. The molecule has 3 fully saturated rings. The molecule has 1 atom stereocenters. The fraction of sp³-hybridized carbons (Fsp3) is 0.923. The molecule has 1 spiro atoms. The van der Waals surface area contributed by atoms with E-state index in [2.05, 4.69) is 0 Å². The molecule has 3 rings (SSSR count). The van der Waals surface area contributed by atoms with Gasteiger partial charge < -0.3 is 5.11 Å². The van der Waals surface area contributed by atoms with E-state index >= 15 is 0 Å². The number of carbonyl (C=O) groups is 1. The van der Waals surface area contributed by atoms with E-state index in [9.17, 15) is 18.3 Å². The first-order valence-electron chi connectivity index (χ1n) is 7.17. The van der Waals surface area contributed by atoms with Crippen molar-refractivity contribution in [3.05, 3.63) is 0 Å². The third-order valence-electron chi connectivity index (χ3n) is 5.07. The van der Waals surface area contributed by atoms with Gasteiger partial charge in [0, 0.05) is 13.1 Å². The summed E-state index contributed by atoms with van der Waals surface area (Å²) in [5.41, 5.74) is -0.300. The molecule has 19 heavy (non-hydrogen) atoms. The SMILES string of the molecule is O=C(O)[C@@H]1CN(S(=O)(=O)C2CC2)CC12CCCCC2. The summed E-state index contributed by atoms with van der Waals surface area (Å²) in [5.74, 6) is -1.34. The van der Waals surface area contributed by atoms with Crippen LogP contribution in [0.25, 0.3) is 0 Å². The molecule has 0 aromatic heterocycles. The highest BCUT2D eigenvalue weighted by molar-refractivity contribution is 7.90. The van der Waals surface area contributed by atoms with Crippen molar-refractivity contribution in [1.82, 2.24) is 4.31 Å². The lowest BCUT2D eigenvalue weighted by molar-refractivity contribution is -0.145. The van der Waals surface area contributed by atoms with Gasteiger partial charge in [-0.3, -0.25) is 4.79 Å². The highest BCUT2D eigenvalue weighted by Gasteiger charge is 2.55. The first-order valence-corrected chi connectivity index (χ1v) is 8.68. The van der Waals surface area contributed by atoms with Gasteiger partial charge in [-0.05, 0) is 31.1 Å². The summed E-state index contributed by atoms with van der Waals surface area (Å²) >= 11 is 0. The van der Waals surface area contributed by atoms with Gasteiger partial charge in [0.15, 0.2) is 0 Å². The van der Waals surface area contributed by atoms with Gasteiger partial charge in [0.2, 0.25) is 10.0 Å². The van der Waals surface area contributed by atoms with E-state index in [0.29, 0.717) is 6.54 Å². The van der Waals surface area contributed by atoms with Gasteiger partial charge in [0.25, 0.3) is 0 Å². The molecule has 0 aromatic carbocycles. The molecular formula is C13H21NO4S. The van der Waals surface area contributed by atoms with Crippen LogP contribution in [-0.4, -0.2) is 42.1 Å². The zero-order chi connectivity index (χ0) is 13.7. The Kier molecular flexibility index (Phi) is 3.13. The van der Waals surface area contributed by atoms with Gasteiger partial charge in [0.05, 0.1) is 11.2 Å². The van der Waals surface area contributed by atoms with Gasteiger partial charge in [-0.1, -0.05) is 19.3 Å². The second kappa shape index (κ2) is 4.45. The maximum Gasteiger partial charge on any atom is 0.308 e. The third kappa shape index (κ3) is 2.18. The van der Waals surface area contributed by atoms with Crippen LogP contribution in [0.3, 0.4) is 0 Å². The minimum absolute atomic E-state index is 0.189. The first-order chi connectivity index (χ1) is 8.96. The third-order valence-corrected chi connectivity index (χ3v) is 7.38. The molecule has 1 N–H and O–H groups in total. The zero-order valence-electron chi connectivity index (χ0n) is 11.0. The van der Waals surface area contributed by atoms with Crippen LogP contribution in [0, 0.1) is 11.3 Å². The van der Waals surface area contributed by atoms with E-state index in [-0.39, 0.29) is 17.2 Å². The Morgan fingerprint density at radius 2 is 1.79 bits per heavy atom. The van der Waals surface area contributed by atoms with Crippen LogP contribution in [0.2, 0.25) is 0 Å². The minimum atomic E-state index is -3.24. The molecule has 108 valence electrons. The van der Waals surface area contributed by atoms with Crippen LogP contribution in [0.5, 0.6) is 0 Å². The second-order valence-electron chi connectivity index (χ2n) is 6.35. The van der Waals surface area contributed by atoms with E-state index in [4.69, 9.17) is 0 Å². The van der Waals surface area contributed by atoms with Gasteiger partial charge in [-0.25, -0.2) is 12.7 Å². The summed E-state index contributed by atoms with van der Waals surface area (Å²) in [5, 5.41) is 9.21. The summed E-state index contributed by atoms with van der Waals surface area (Å²) in [6, 6.07) is 0. The van der Waals surface area contributed by atoms with Gasteiger partial charge in [0.1, 0.15) is 0 Å². The highest BCUT2D eigenvalue weighted by Crippen LogP contribution is 2.49. The van der Waals surface area contributed by atoms with Crippen molar-refractivity contribution in [2.45, 2.75) is 50.2 Å². The molecule has 5 nitrogen and oxygen atoms in total. The van der Waals surface area contributed by atoms with Crippen molar-refractivity contribution in [1.29, 1.82) is 0 Å². The molecule has 2 saturated carbocycles. The Bertz CT molecular complexity index is 477. The smallest absolute Gasteiger partial charge is 0.308 e.